The van der Waals surface area contributed by atoms with E-state index in [1.165, 1.54) is 12.1 Å². The van der Waals surface area contributed by atoms with Crippen molar-refractivity contribution < 1.29 is 19.1 Å². The number of carbonyl (C=O) groups excluding carboxylic acids is 2. The van der Waals surface area contributed by atoms with Gasteiger partial charge in [0, 0.05) is 23.7 Å². The van der Waals surface area contributed by atoms with Gasteiger partial charge in [-0.3, -0.25) is 9.59 Å². The Morgan fingerprint density at radius 1 is 1.13 bits per heavy atom. The average Bonchev–Trinajstić information content (AvgIpc) is 3.10. The number of carbonyl (C=O) groups is 2. The Morgan fingerprint density at radius 3 is 2.71 bits per heavy atom. The van der Waals surface area contributed by atoms with E-state index < -0.39 is 5.91 Å². The molecule has 8 heteroatoms. The molecule has 0 saturated carbocycles. The van der Waals surface area contributed by atoms with Crippen LogP contribution in [0.4, 0.5) is 5.82 Å². The van der Waals surface area contributed by atoms with Gasteiger partial charge in [0.2, 0.25) is 0 Å². The summed E-state index contributed by atoms with van der Waals surface area (Å²) in [6.07, 6.45) is 3.72. The minimum atomic E-state index is -0.512. The van der Waals surface area contributed by atoms with Gasteiger partial charge in [-0.05, 0) is 56.5 Å². The van der Waals surface area contributed by atoms with Gasteiger partial charge in [-0.1, -0.05) is 12.1 Å². The third-order valence-electron chi connectivity index (χ3n) is 5.13. The third-order valence-corrected chi connectivity index (χ3v) is 5.13. The standard InChI is InChI=1S/C23H22N4O4/c1-13-10-11-24-19(12-13)25-23(30)21-14(2)20-16(7-5-9-18(20)31-21)26-27-22(29)15-6-3-4-8-17(15)28/h3-4,6,8,10-12,28H,5,7,9H2,1-2H3,(H,27,29)(H,24,25,30)/b26-16+. The van der Waals surface area contributed by atoms with Gasteiger partial charge in [-0.15, -0.1) is 0 Å². The fourth-order valence-corrected chi connectivity index (χ4v) is 3.62. The van der Waals surface area contributed by atoms with Crippen LogP contribution >= 0.6 is 0 Å². The van der Waals surface area contributed by atoms with E-state index >= 15 is 0 Å². The second-order valence-corrected chi connectivity index (χ2v) is 7.40. The van der Waals surface area contributed by atoms with Gasteiger partial charge in [0.05, 0.1) is 11.3 Å². The van der Waals surface area contributed by atoms with Crippen molar-refractivity contribution in [3.63, 3.8) is 0 Å². The van der Waals surface area contributed by atoms with Crippen molar-refractivity contribution in [3.05, 3.63) is 76.4 Å². The fourth-order valence-electron chi connectivity index (χ4n) is 3.62. The Bertz CT molecular complexity index is 1200. The number of aryl methyl sites for hydroxylation is 2. The number of hydrogen-bond donors (Lipinski definition) is 3. The van der Waals surface area contributed by atoms with Gasteiger partial charge in [-0.2, -0.15) is 5.10 Å². The number of anilines is 1. The Balaban J connectivity index is 1.58. The molecule has 2 aromatic heterocycles. The first-order chi connectivity index (χ1) is 14.9. The summed E-state index contributed by atoms with van der Waals surface area (Å²) in [6.45, 7) is 3.72. The van der Waals surface area contributed by atoms with Crippen molar-refractivity contribution in [1.82, 2.24) is 10.4 Å². The SMILES string of the molecule is Cc1ccnc(NC(=O)c2oc3c(c2C)/C(=N/NC(=O)c2ccccc2O)CCC3)c1. The van der Waals surface area contributed by atoms with Gasteiger partial charge in [-0.25, -0.2) is 10.4 Å². The molecule has 3 aromatic rings. The number of aromatic hydroxyl groups is 1. The van der Waals surface area contributed by atoms with Crippen molar-refractivity contribution in [3.8, 4) is 5.75 Å². The Hall–Kier alpha value is -3.94. The third kappa shape index (κ3) is 4.18. The molecule has 0 bridgehead atoms. The van der Waals surface area contributed by atoms with Crippen LogP contribution in [-0.2, 0) is 6.42 Å². The molecule has 1 aliphatic carbocycles. The molecule has 0 spiro atoms. The van der Waals surface area contributed by atoms with E-state index in [0.29, 0.717) is 35.7 Å². The van der Waals surface area contributed by atoms with Crippen LogP contribution in [0, 0.1) is 13.8 Å². The van der Waals surface area contributed by atoms with E-state index in [9.17, 15) is 14.7 Å². The molecule has 1 aliphatic rings. The Morgan fingerprint density at radius 2 is 1.94 bits per heavy atom. The summed E-state index contributed by atoms with van der Waals surface area (Å²) in [6, 6.07) is 9.88. The van der Waals surface area contributed by atoms with E-state index in [1.54, 1.807) is 31.3 Å². The number of furan rings is 1. The van der Waals surface area contributed by atoms with E-state index in [1.807, 2.05) is 13.0 Å². The van der Waals surface area contributed by atoms with Crippen molar-refractivity contribution in [2.75, 3.05) is 5.32 Å². The van der Waals surface area contributed by atoms with Gasteiger partial charge >= 0.3 is 0 Å². The van der Waals surface area contributed by atoms with Crippen LogP contribution in [0.3, 0.4) is 0 Å². The van der Waals surface area contributed by atoms with E-state index in [0.717, 1.165) is 17.5 Å². The van der Waals surface area contributed by atoms with E-state index in [4.69, 9.17) is 4.42 Å². The first-order valence-electron chi connectivity index (χ1n) is 9.95. The topological polar surface area (TPSA) is 117 Å². The molecule has 0 saturated heterocycles. The van der Waals surface area contributed by atoms with Crippen molar-refractivity contribution in [1.29, 1.82) is 0 Å². The number of amides is 2. The van der Waals surface area contributed by atoms with Gasteiger partial charge in [0.15, 0.2) is 5.76 Å². The van der Waals surface area contributed by atoms with Gasteiger partial charge in [0.1, 0.15) is 17.3 Å². The summed E-state index contributed by atoms with van der Waals surface area (Å²) in [5.74, 6) is 0.303. The lowest BCUT2D eigenvalue weighted by Crippen LogP contribution is -2.22. The summed E-state index contributed by atoms with van der Waals surface area (Å²) in [7, 11) is 0. The highest BCUT2D eigenvalue weighted by Crippen LogP contribution is 2.30. The number of pyridine rings is 1. The highest BCUT2D eigenvalue weighted by Gasteiger charge is 2.28. The summed E-state index contributed by atoms with van der Waals surface area (Å²) in [5.41, 5.74) is 5.66. The number of fused-ring (bicyclic) bond motifs is 1. The molecule has 0 atom stereocenters. The zero-order valence-electron chi connectivity index (χ0n) is 17.2. The quantitative estimate of drug-likeness (QED) is 0.558. The molecule has 4 rings (SSSR count). The number of nitrogens with zero attached hydrogens (tertiary/aromatic N) is 2. The summed E-state index contributed by atoms with van der Waals surface area (Å²) >= 11 is 0. The van der Waals surface area contributed by atoms with Crippen molar-refractivity contribution in [2.45, 2.75) is 33.1 Å². The van der Waals surface area contributed by atoms with Crippen LogP contribution in [0.5, 0.6) is 5.75 Å². The van der Waals surface area contributed by atoms with Crippen LogP contribution in [-0.4, -0.2) is 27.6 Å². The van der Waals surface area contributed by atoms with Crippen LogP contribution < -0.4 is 10.7 Å². The highest BCUT2D eigenvalue weighted by molar-refractivity contribution is 6.09. The Kier molecular flexibility index (Phi) is 5.53. The molecule has 0 unspecified atom stereocenters. The Labute approximate surface area is 179 Å². The van der Waals surface area contributed by atoms with E-state index in [-0.39, 0.29) is 23.0 Å². The second-order valence-electron chi connectivity index (χ2n) is 7.40. The number of phenols is 1. The predicted octanol–water partition coefficient (Wildman–Crippen LogP) is 3.72. The maximum Gasteiger partial charge on any atom is 0.292 e. The van der Waals surface area contributed by atoms with Gasteiger partial charge < -0.3 is 14.8 Å². The molecule has 0 aliphatic heterocycles. The number of rotatable bonds is 4. The number of hydrazone groups is 1. The lowest BCUT2D eigenvalue weighted by molar-refractivity contribution is 0.0950. The number of para-hydroxylation sites is 1. The van der Waals surface area contributed by atoms with Crippen LogP contribution in [0.25, 0.3) is 0 Å². The molecule has 31 heavy (non-hydrogen) atoms. The molecule has 3 N–H and O–H groups in total. The molecule has 2 heterocycles. The maximum absolute atomic E-state index is 12.8. The zero-order chi connectivity index (χ0) is 22.0. The molecule has 0 radical (unpaired) electrons. The highest BCUT2D eigenvalue weighted by atomic mass is 16.4. The van der Waals surface area contributed by atoms with E-state index in [2.05, 4.69) is 20.8 Å². The fraction of sp³-hybridized carbons (Fsp3) is 0.217. The van der Waals surface area contributed by atoms with Gasteiger partial charge in [0.25, 0.3) is 11.8 Å². The molecule has 158 valence electrons. The van der Waals surface area contributed by atoms with Crippen molar-refractivity contribution >= 4 is 23.3 Å². The number of hydrogen-bond acceptors (Lipinski definition) is 6. The number of aromatic nitrogens is 1. The molecule has 0 fully saturated rings. The predicted molar refractivity (Wildman–Crippen MR) is 115 cm³/mol. The van der Waals surface area contributed by atoms with Crippen LogP contribution in [0.1, 0.15) is 56.2 Å². The smallest absolute Gasteiger partial charge is 0.292 e. The largest absolute Gasteiger partial charge is 0.507 e. The molecule has 1 aromatic carbocycles. The lowest BCUT2D eigenvalue weighted by Gasteiger charge is -2.13. The number of phenolic OH excluding ortho intramolecular Hbond substituents is 1. The number of benzene rings is 1. The molecule has 2 amide bonds. The van der Waals surface area contributed by atoms with Crippen LogP contribution in [0.15, 0.2) is 52.1 Å². The van der Waals surface area contributed by atoms with Crippen LogP contribution in [0.2, 0.25) is 0 Å². The first-order valence-corrected chi connectivity index (χ1v) is 9.95. The summed E-state index contributed by atoms with van der Waals surface area (Å²) < 4.78 is 5.87. The van der Waals surface area contributed by atoms with Crippen molar-refractivity contribution in [2.24, 2.45) is 5.10 Å². The normalized spacial score (nSPS) is 14.2. The minimum Gasteiger partial charge on any atom is -0.507 e. The first kappa shape index (κ1) is 20.3. The second kappa shape index (κ2) is 8.43. The summed E-state index contributed by atoms with van der Waals surface area (Å²) in [4.78, 5) is 29.3. The molecule has 8 nitrogen and oxygen atoms in total. The summed E-state index contributed by atoms with van der Waals surface area (Å²) in [5, 5.41) is 16.9. The monoisotopic (exact) mass is 418 g/mol. The zero-order valence-corrected chi connectivity index (χ0v) is 17.2. The average molecular weight is 418 g/mol. The lowest BCUT2D eigenvalue weighted by atomic mass is 9.93. The maximum atomic E-state index is 12.8. The molecular formula is C23H22N4O4. The minimum absolute atomic E-state index is 0.118. The number of nitrogens with one attached hydrogen (secondary N) is 2. The molecular weight excluding hydrogens is 396 g/mol.